The molecule has 0 aromatic carbocycles. The summed E-state index contributed by atoms with van der Waals surface area (Å²) in [5.41, 5.74) is -4.03. The summed E-state index contributed by atoms with van der Waals surface area (Å²) in [5, 5.41) is 16.7. The second-order valence-electron chi connectivity index (χ2n) is 1.52. The van der Waals surface area contributed by atoms with Gasteiger partial charge in [0.15, 0.2) is 5.60 Å². The van der Waals surface area contributed by atoms with Gasteiger partial charge in [0.2, 0.25) is 0 Å². The smallest absolute Gasteiger partial charge is 0.393 e. The van der Waals surface area contributed by atoms with Gasteiger partial charge in [0.05, 0.1) is 6.61 Å². The first kappa shape index (κ1) is 4.51. The van der Waals surface area contributed by atoms with E-state index in [1.807, 2.05) is 0 Å². The summed E-state index contributed by atoms with van der Waals surface area (Å²) < 4.78 is 54.5. The molecular weight excluding hydrogens is 137 g/mol. The third-order valence-electron chi connectivity index (χ3n) is 0.698. The molecule has 0 saturated carbocycles. The largest absolute Gasteiger partial charge is 0.419 e. The molecule has 0 bridgehead atoms. The highest BCUT2D eigenvalue weighted by molar-refractivity contribution is 4.79. The number of rotatable bonds is 1. The fourth-order valence-corrected chi connectivity index (χ4v) is 0.0896. The van der Waals surface area contributed by atoms with Crippen LogP contribution in [-0.4, -0.2) is 28.6 Å². The van der Waals surface area contributed by atoms with Gasteiger partial charge in [-0.15, -0.1) is 0 Å². The van der Waals surface area contributed by atoms with Crippen molar-refractivity contribution < 1.29 is 27.5 Å². The highest BCUT2D eigenvalue weighted by Crippen LogP contribution is 2.28. The van der Waals surface area contributed by atoms with Gasteiger partial charge in [0.25, 0.3) is 0 Å². The van der Waals surface area contributed by atoms with Crippen molar-refractivity contribution in [3.8, 4) is 0 Å². The molecule has 0 heterocycles. The van der Waals surface area contributed by atoms with E-state index in [0.29, 0.717) is 0 Å². The number of aliphatic hydroxyl groups is 2. The lowest BCUT2D eigenvalue weighted by Gasteiger charge is -2.22. The molecule has 0 aliphatic rings. The minimum atomic E-state index is -5.37. The molecule has 0 aliphatic heterocycles. The molecule has 0 aromatic heterocycles. The summed E-state index contributed by atoms with van der Waals surface area (Å²) in [5.74, 6) is 0. The van der Waals surface area contributed by atoms with Crippen LogP contribution in [0.5, 0.6) is 0 Å². The van der Waals surface area contributed by atoms with Crippen LogP contribution >= 0.6 is 0 Å². The fraction of sp³-hybridized carbons (Fsp3) is 1.00. The van der Waals surface area contributed by atoms with Gasteiger partial charge in [-0.05, 0) is 6.85 Å². The standard InChI is InChI=1S/C4H7F3O2/c1-3(9,2-8)4(5,6)7/h8-9H,2H2,1H3/i1D3. The van der Waals surface area contributed by atoms with E-state index in [2.05, 4.69) is 0 Å². The average Bonchev–Trinajstić information content (AvgIpc) is 1.81. The van der Waals surface area contributed by atoms with Gasteiger partial charge < -0.3 is 10.2 Å². The molecule has 0 spiro atoms. The SMILES string of the molecule is [2H]C([2H])([2H])C(O)(CO)C(F)(F)F. The second-order valence-corrected chi connectivity index (χ2v) is 1.52. The monoisotopic (exact) mass is 147 g/mol. The van der Waals surface area contributed by atoms with Crippen LogP contribution in [0.4, 0.5) is 13.2 Å². The van der Waals surface area contributed by atoms with Gasteiger partial charge in [0, 0.05) is 4.11 Å². The van der Waals surface area contributed by atoms with Crippen molar-refractivity contribution >= 4 is 0 Å². The number of aliphatic hydroxyl groups excluding tert-OH is 1. The van der Waals surface area contributed by atoms with E-state index in [1.54, 1.807) is 0 Å². The van der Waals surface area contributed by atoms with Crippen LogP contribution in [0.3, 0.4) is 0 Å². The van der Waals surface area contributed by atoms with E-state index in [9.17, 15) is 13.2 Å². The number of halogens is 3. The summed E-state index contributed by atoms with van der Waals surface area (Å²) in [7, 11) is 0. The molecule has 0 rings (SSSR count). The summed E-state index contributed by atoms with van der Waals surface area (Å²) in [6.07, 6.45) is -5.37. The average molecular weight is 147 g/mol. The van der Waals surface area contributed by atoms with Gasteiger partial charge in [-0.1, -0.05) is 0 Å². The van der Waals surface area contributed by atoms with Crippen molar-refractivity contribution in [2.24, 2.45) is 0 Å². The van der Waals surface area contributed by atoms with E-state index in [-0.39, 0.29) is 0 Å². The van der Waals surface area contributed by atoms with Crippen LogP contribution in [0.25, 0.3) is 0 Å². The number of hydrogen-bond donors (Lipinski definition) is 2. The molecule has 0 amide bonds. The Kier molecular flexibility index (Phi) is 1.08. The van der Waals surface area contributed by atoms with E-state index in [4.69, 9.17) is 14.3 Å². The van der Waals surface area contributed by atoms with Crippen LogP contribution in [0.15, 0.2) is 0 Å². The summed E-state index contributed by atoms with van der Waals surface area (Å²) >= 11 is 0. The predicted molar refractivity (Wildman–Crippen MR) is 23.8 cm³/mol. The van der Waals surface area contributed by atoms with Gasteiger partial charge >= 0.3 is 6.18 Å². The van der Waals surface area contributed by atoms with Gasteiger partial charge in [-0.25, -0.2) is 0 Å². The molecule has 2 nitrogen and oxygen atoms in total. The zero-order valence-corrected chi connectivity index (χ0v) is 4.24. The van der Waals surface area contributed by atoms with Crippen molar-refractivity contribution in [3.63, 3.8) is 0 Å². The Morgan fingerprint density at radius 1 is 1.56 bits per heavy atom. The Hall–Kier alpha value is -0.290. The molecule has 0 aromatic rings. The Balaban J connectivity index is 4.95. The molecule has 9 heavy (non-hydrogen) atoms. The number of alkyl halides is 3. The quantitative estimate of drug-likeness (QED) is 0.559. The molecule has 56 valence electrons. The van der Waals surface area contributed by atoms with Crippen LogP contribution in [0.1, 0.15) is 11.0 Å². The fourth-order valence-electron chi connectivity index (χ4n) is 0.0896. The lowest BCUT2D eigenvalue weighted by atomic mass is 10.1. The van der Waals surface area contributed by atoms with Crippen molar-refractivity contribution in [1.82, 2.24) is 0 Å². The maximum Gasteiger partial charge on any atom is 0.419 e. The predicted octanol–water partition coefficient (Wildman–Crippen LogP) is 0.292. The van der Waals surface area contributed by atoms with E-state index < -0.39 is 25.2 Å². The normalized spacial score (nSPS) is 25.7. The summed E-state index contributed by atoms with van der Waals surface area (Å²) in [6, 6.07) is 0. The Morgan fingerprint density at radius 3 is 2.00 bits per heavy atom. The highest BCUT2D eigenvalue weighted by atomic mass is 19.4. The van der Waals surface area contributed by atoms with Crippen molar-refractivity contribution in [2.75, 3.05) is 6.61 Å². The first-order chi connectivity index (χ1) is 5.06. The van der Waals surface area contributed by atoms with Crippen molar-refractivity contribution in [3.05, 3.63) is 0 Å². The molecule has 0 aliphatic carbocycles. The minimum Gasteiger partial charge on any atom is -0.393 e. The van der Waals surface area contributed by atoms with Gasteiger partial charge in [0.1, 0.15) is 0 Å². The maximum atomic E-state index is 11.8. The lowest BCUT2D eigenvalue weighted by Crippen LogP contribution is -2.45. The molecular formula is C4H7F3O2. The van der Waals surface area contributed by atoms with Crippen LogP contribution in [0.2, 0.25) is 0 Å². The van der Waals surface area contributed by atoms with Crippen molar-refractivity contribution in [2.45, 2.75) is 18.6 Å². The van der Waals surface area contributed by atoms with E-state index in [0.717, 1.165) is 0 Å². The molecule has 0 fully saturated rings. The lowest BCUT2D eigenvalue weighted by molar-refractivity contribution is -0.263. The van der Waals surface area contributed by atoms with Crippen molar-refractivity contribution in [1.29, 1.82) is 0 Å². The third-order valence-corrected chi connectivity index (χ3v) is 0.698. The van der Waals surface area contributed by atoms with E-state index in [1.165, 1.54) is 0 Å². The topological polar surface area (TPSA) is 40.5 Å². The zero-order valence-electron chi connectivity index (χ0n) is 7.24. The first-order valence-electron chi connectivity index (χ1n) is 3.46. The molecule has 0 radical (unpaired) electrons. The molecule has 2 N–H and O–H groups in total. The van der Waals surface area contributed by atoms with Gasteiger partial charge in [-0.3, -0.25) is 0 Å². The summed E-state index contributed by atoms with van der Waals surface area (Å²) in [6.45, 7) is -5.56. The highest BCUT2D eigenvalue weighted by Gasteiger charge is 2.49. The molecule has 1 unspecified atom stereocenters. The van der Waals surface area contributed by atoms with Crippen LogP contribution in [-0.2, 0) is 0 Å². The second kappa shape index (κ2) is 2.15. The van der Waals surface area contributed by atoms with Crippen LogP contribution in [0, 0.1) is 0 Å². The van der Waals surface area contributed by atoms with Crippen LogP contribution < -0.4 is 0 Å². The molecule has 5 heteroatoms. The van der Waals surface area contributed by atoms with E-state index >= 15 is 0 Å². The maximum absolute atomic E-state index is 11.8. The zero-order chi connectivity index (χ0) is 10.2. The summed E-state index contributed by atoms with van der Waals surface area (Å²) in [4.78, 5) is 0. The molecule has 1 atom stereocenters. The van der Waals surface area contributed by atoms with Gasteiger partial charge in [-0.2, -0.15) is 13.2 Å². The Bertz CT molecular complexity index is 150. The Morgan fingerprint density at radius 2 is 2.00 bits per heavy atom. The Labute approximate surface area is 54.1 Å². The first-order valence-corrected chi connectivity index (χ1v) is 1.96. The minimum absolute atomic E-state index is 1.88. The number of hydrogen-bond acceptors (Lipinski definition) is 2. The third kappa shape index (κ3) is 1.83. The molecule has 0 saturated heterocycles.